The SMILES string of the molecule is Cc1noc(-c2ccccc2C(=O)N2CC[C@@H](Nc3nc4cccc(F)c4o3)C2)n1. The molecule has 1 aliphatic heterocycles. The van der Waals surface area contributed by atoms with Gasteiger partial charge >= 0.3 is 0 Å². The number of benzene rings is 2. The molecule has 1 saturated heterocycles. The van der Waals surface area contributed by atoms with Gasteiger partial charge in [-0.1, -0.05) is 23.4 Å². The number of para-hydroxylation sites is 1. The van der Waals surface area contributed by atoms with Gasteiger partial charge in [0.2, 0.25) is 0 Å². The number of amides is 1. The van der Waals surface area contributed by atoms with E-state index in [1.807, 2.05) is 6.07 Å². The van der Waals surface area contributed by atoms with Crippen molar-refractivity contribution >= 4 is 23.0 Å². The first kappa shape index (κ1) is 18.3. The zero-order valence-electron chi connectivity index (χ0n) is 16.1. The van der Waals surface area contributed by atoms with Gasteiger partial charge in [0, 0.05) is 19.1 Å². The van der Waals surface area contributed by atoms with Crippen LogP contribution in [0.25, 0.3) is 22.6 Å². The smallest absolute Gasteiger partial charge is 0.296 e. The summed E-state index contributed by atoms with van der Waals surface area (Å²) < 4.78 is 24.6. The van der Waals surface area contributed by atoms with Crippen molar-refractivity contribution in [2.75, 3.05) is 18.4 Å². The van der Waals surface area contributed by atoms with Crippen LogP contribution in [0.1, 0.15) is 22.6 Å². The van der Waals surface area contributed by atoms with E-state index in [0.717, 1.165) is 6.42 Å². The van der Waals surface area contributed by atoms with Gasteiger partial charge in [-0.15, -0.1) is 0 Å². The minimum absolute atomic E-state index is 0.0529. The highest BCUT2D eigenvalue weighted by Gasteiger charge is 2.30. The molecule has 1 aliphatic rings. The summed E-state index contributed by atoms with van der Waals surface area (Å²) in [7, 11) is 0. The van der Waals surface area contributed by atoms with Crippen molar-refractivity contribution in [1.82, 2.24) is 20.0 Å². The van der Waals surface area contributed by atoms with Gasteiger partial charge in [-0.25, -0.2) is 4.39 Å². The average Bonchev–Trinajstić information content (AvgIpc) is 3.48. The van der Waals surface area contributed by atoms with E-state index in [9.17, 15) is 9.18 Å². The van der Waals surface area contributed by atoms with Gasteiger partial charge in [-0.05, 0) is 37.6 Å². The standard InChI is InChI=1S/C21H18FN5O3/c1-12-23-19(30-26-12)14-5-2-3-6-15(14)20(28)27-10-9-13(11-27)24-21-25-17-8-4-7-16(22)18(17)29-21/h2-8,13H,9-11H2,1H3,(H,24,25)/t13-/m1/s1. The molecule has 5 rings (SSSR count). The molecule has 1 N–H and O–H groups in total. The number of nitrogens with zero attached hydrogens (tertiary/aromatic N) is 4. The quantitative estimate of drug-likeness (QED) is 0.551. The Labute approximate surface area is 170 Å². The number of nitrogens with one attached hydrogen (secondary N) is 1. The number of carbonyl (C=O) groups is 1. The molecule has 0 spiro atoms. The summed E-state index contributed by atoms with van der Waals surface area (Å²) in [5, 5.41) is 6.97. The molecule has 1 atom stereocenters. The zero-order valence-corrected chi connectivity index (χ0v) is 16.1. The van der Waals surface area contributed by atoms with Gasteiger partial charge < -0.3 is 19.2 Å². The lowest BCUT2D eigenvalue weighted by Gasteiger charge is -2.18. The lowest BCUT2D eigenvalue weighted by Crippen LogP contribution is -2.32. The van der Waals surface area contributed by atoms with Crippen molar-refractivity contribution in [3.8, 4) is 11.5 Å². The second-order valence-electron chi connectivity index (χ2n) is 7.18. The van der Waals surface area contributed by atoms with Gasteiger partial charge in [0.1, 0.15) is 5.52 Å². The van der Waals surface area contributed by atoms with E-state index in [0.29, 0.717) is 41.4 Å². The summed E-state index contributed by atoms with van der Waals surface area (Å²) >= 11 is 0. The number of aryl methyl sites for hydroxylation is 1. The molecule has 9 heteroatoms. The maximum absolute atomic E-state index is 13.8. The summed E-state index contributed by atoms with van der Waals surface area (Å²) in [6, 6.07) is 12.0. The van der Waals surface area contributed by atoms with Crippen molar-refractivity contribution in [3.63, 3.8) is 0 Å². The Hall–Kier alpha value is -3.75. The van der Waals surface area contributed by atoms with Crippen molar-refractivity contribution in [2.24, 2.45) is 0 Å². The van der Waals surface area contributed by atoms with Crippen molar-refractivity contribution < 1.29 is 18.1 Å². The van der Waals surface area contributed by atoms with Gasteiger partial charge in [0.15, 0.2) is 17.2 Å². The van der Waals surface area contributed by atoms with Crippen LogP contribution in [0.5, 0.6) is 0 Å². The first-order chi connectivity index (χ1) is 14.6. The fourth-order valence-electron chi connectivity index (χ4n) is 3.65. The lowest BCUT2D eigenvalue weighted by molar-refractivity contribution is 0.0792. The molecule has 0 saturated carbocycles. The molecule has 1 amide bonds. The lowest BCUT2D eigenvalue weighted by atomic mass is 10.1. The molecular weight excluding hydrogens is 389 g/mol. The monoisotopic (exact) mass is 407 g/mol. The normalized spacial score (nSPS) is 16.3. The molecular formula is C21H18FN5O3. The van der Waals surface area contributed by atoms with Gasteiger partial charge in [0.05, 0.1) is 11.1 Å². The van der Waals surface area contributed by atoms with Gasteiger partial charge in [0.25, 0.3) is 17.8 Å². The summed E-state index contributed by atoms with van der Waals surface area (Å²) in [5.74, 6) is 0.254. The predicted molar refractivity (Wildman–Crippen MR) is 106 cm³/mol. The summed E-state index contributed by atoms with van der Waals surface area (Å²) in [5.41, 5.74) is 1.68. The Morgan fingerprint density at radius 3 is 2.87 bits per heavy atom. The Balaban J connectivity index is 1.32. The van der Waals surface area contributed by atoms with Crippen LogP contribution < -0.4 is 5.32 Å². The molecule has 2 aromatic heterocycles. The van der Waals surface area contributed by atoms with Crippen LogP contribution in [0.4, 0.5) is 10.4 Å². The first-order valence-electron chi connectivity index (χ1n) is 9.59. The number of hydrogen-bond acceptors (Lipinski definition) is 7. The van der Waals surface area contributed by atoms with Crippen LogP contribution in [0.3, 0.4) is 0 Å². The molecule has 152 valence electrons. The predicted octanol–water partition coefficient (Wildman–Crippen LogP) is 3.65. The Kier molecular flexibility index (Phi) is 4.42. The molecule has 0 unspecified atom stereocenters. The summed E-state index contributed by atoms with van der Waals surface area (Å²) in [6.07, 6.45) is 0.717. The summed E-state index contributed by atoms with van der Waals surface area (Å²) in [6.45, 7) is 2.77. The van der Waals surface area contributed by atoms with Gasteiger partial charge in [-0.2, -0.15) is 9.97 Å². The number of oxazole rings is 1. The Bertz CT molecular complexity index is 1230. The largest absolute Gasteiger partial charge is 0.420 e. The van der Waals surface area contributed by atoms with E-state index in [-0.39, 0.29) is 23.5 Å². The molecule has 30 heavy (non-hydrogen) atoms. The third kappa shape index (κ3) is 3.28. The second-order valence-corrected chi connectivity index (χ2v) is 7.18. The van der Waals surface area contributed by atoms with E-state index >= 15 is 0 Å². The van der Waals surface area contributed by atoms with Crippen LogP contribution in [-0.4, -0.2) is 45.1 Å². The van der Waals surface area contributed by atoms with Crippen molar-refractivity contribution in [1.29, 1.82) is 0 Å². The molecule has 2 aromatic carbocycles. The minimum atomic E-state index is -0.454. The zero-order chi connectivity index (χ0) is 20.7. The topological polar surface area (TPSA) is 97.3 Å². The third-order valence-electron chi connectivity index (χ3n) is 5.09. The number of likely N-dealkylation sites (tertiary alicyclic amines) is 1. The number of aromatic nitrogens is 3. The number of carbonyl (C=O) groups excluding carboxylic acids is 1. The fraction of sp³-hybridized carbons (Fsp3) is 0.238. The number of fused-ring (bicyclic) bond motifs is 1. The molecule has 0 radical (unpaired) electrons. The Morgan fingerprint density at radius 1 is 1.20 bits per heavy atom. The summed E-state index contributed by atoms with van der Waals surface area (Å²) in [4.78, 5) is 23.4. The number of anilines is 1. The highest BCUT2D eigenvalue weighted by Crippen LogP contribution is 2.26. The molecule has 4 aromatic rings. The molecule has 3 heterocycles. The minimum Gasteiger partial charge on any atom is -0.420 e. The van der Waals surface area contributed by atoms with Crippen LogP contribution in [0, 0.1) is 12.7 Å². The number of rotatable bonds is 4. The second kappa shape index (κ2) is 7.25. The van der Waals surface area contributed by atoms with Crippen LogP contribution in [0.2, 0.25) is 0 Å². The maximum Gasteiger partial charge on any atom is 0.296 e. The van der Waals surface area contributed by atoms with E-state index in [1.165, 1.54) is 6.07 Å². The molecule has 0 bridgehead atoms. The van der Waals surface area contributed by atoms with Gasteiger partial charge in [-0.3, -0.25) is 4.79 Å². The maximum atomic E-state index is 13.8. The van der Waals surface area contributed by atoms with E-state index in [1.54, 1.807) is 42.2 Å². The van der Waals surface area contributed by atoms with Crippen molar-refractivity contribution in [2.45, 2.75) is 19.4 Å². The molecule has 8 nitrogen and oxygen atoms in total. The highest BCUT2D eigenvalue weighted by atomic mass is 19.1. The number of hydrogen-bond donors (Lipinski definition) is 1. The van der Waals surface area contributed by atoms with Crippen LogP contribution in [0.15, 0.2) is 51.4 Å². The van der Waals surface area contributed by atoms with Crippen molar-refractivity contribution in [3.05, 3.63) is 59.7 Å². The van der Waals surface area contributed by atoms with E-state index in [4.69, 9.17) is 8.94 Å². The highest BCUT2D eigenvalue weighted by molar-refractivity contribution is 6.00. The van der Waals surface area contributed by atoms with E-state index in [2.05, 4.69) is 20.4 Å². The molecule has 0 aliphatic carbocycles. The fourth-order valence-corrected chi connectivity index (χ4v) is 3.65. The van der Waals surface area contributed by atoms with E-state index < -0.39 is 5.82 Å². The number of halogens is 1. The third-order valence-corrected chi connectivity index (χ3v) is 5.09. The first-order valence-corrected chi connectivity index (χ1v) is 9.59. The Morgan fingerprint density at radius 2 is 2.07 bits per heavy atom. The van der Waals surface area contributed by atoms with Crippen LogP contribution in [-0.2, 0) is 0 Å². The average molecular weight is 407 g/mol. The molecule has 1 fully saturated rings. The van der Waals surface area contributed by atoms with Crippen LogP contribution >= 0.6 is 0 Å².